The normalized spacial score (nSPS) is 23.8. The summed E-state index contributed by atoms with van der Waals surface area (Å²) in [4.78, 5) is 80.2. The highest BCUT2D eigenvalue weighted by Gasteiger charge is 2.68. The SMILES string of the molecule is CCCCc1ccc(-c2ccc(C(=O)C[C@@H](CCCCN)C(=O)N[C@H](C(=O)C[C@@H](C)C(=O)N[C@@H](CC(N)=O)C(=O)C[C@@H](C)B3OC4C[C@@H]5C[C@@H](C5(C)C)[C@]4(C)O3)[C@@H](C)O)cc2)cc1. The summed E-state index contributed by atoms with van der Waals surface area (Å²) in [6, 6.07) is 13.1. The largest absolute Gasteiger partial charge is 0.461 e. The van der Waals surface area contributed by atoms with E-state index < -0.39 is 78.5 Å². The molecule has 2 aromatic carbocycles. The van der Waals surface area contributed by atoms with Crippen molar-refractivity contribution in [3.05, 3.63) is 59.7 Å². The Balaban J connectivity index is 1.16. The van der Waals surface area contributed by atoms with Crippen LogP contribution in [0.1, 0.15) is 135 Å². The van der Waals surface area contributed by atoms with Crippen molar-refractivity contribution in [1.29, 1.82) is 0 Å². The molecule has 6 rings (SSSR count). The summed E-state index contributed by atoms with van der Waals surface area (Å²) in [5, 5.41) is 16.0. The number of aliphatic hydroxyl groups excluding tert-OH is 1. The Morgan fingerprint density at radius 2 is 1.48 bits per heavy atom. The average molecular weight is 871 g/mol. The van der Waals surface area contributed by atoms with Gasteiger partial charge in [-0.25, -0.2) is 0 Å². The van der Waals surface area contributed by atoms with Crippen LogP contribution in [0.2, 0.25) is 5.82 Å². The molecule has 4 aliphatic rings. The second-order valence-corrected chi connectivity index (χ2v) is 19.5. The number of aliphatic hydroxyl groups is 1. The van der Waals surface area contributed by atoms with Crippen LogP contribution in [0.15, 0.2) is 48.5 Å². The highest BCUT2D eigenvalue weighted by Crippen LogP contribution is 2.66. The maximum atomic E-state index is 13.8. The van der Waals surface area contributed by atoms with Gasteiger partial charge < -0.3 is 36.5 Å². The molecular formula is C49H71BN4O9. The highest BCUT2D eigenvalue weighted by atomic mass is 16.7. The van der Waals surface area contributed by atoms with Crippen LogP contribution in [0.5, 0.6) is 0 Å². The molecule has 3 saturated carbocycles. The summed E-state index contributed by atoms with van der Waals surface area (Å²) >= 11 is 0. The fourth-order valence-electron chi connectivity index (χ4n) is 10.0. The van der Waals surface area contributed by atoms with Gasteiger partial charge in [0.05, 0.1) is 30.3 Å². The van der Waals surface area contributed by atoms with Gasteiger partial charge in [-0.2, -0.15) is 0 Å². The van der Waals surface area contributed by atoms with E-state index in [0.717, 1.165) is 43.2 Å². The number of aryl methyl sites for hydroxylation is 1. The van der Waals surface area contributed by atoms with Crippen LogP contribution in [-0.4, -0.2) is 83.7 Å². The second kappa shape index (κ2) is 21.6. The van der Waals surface area contributed by atoms with Crippen LogP contribution >= 0.6 is 0 Å². The van der Waals surface area contributed by atoms with E-state index in [1.165, 1.54) is 19.4 Å². The Kier molecular flexibility index (Phi) is 17.1. The molecule has 1 heterocycles. The minimum atomic E-state index is -1.37. The third-order valence-corrected chi connectivity index (χ3v) is 14.3. The van der Waals surface area contributed by atoms with Gasteiger partial charge in [0.25, 0.3) is 0 Å². The lowest BCUT2D eigenvalue weighted by Crippen LogP contribution is -2.65. The Bertz CT molecular complexity index is 1940. The number of Topliss-reactive ketones (excluding diaryl/α,β-unsaturated/α-hetero) is 3. The molecule has 3 amide bonds. The molecule has 4 fully saturated rings. The summed E-state index contributed by atoms with van der Waals surface area (Å²) in [6.07, 6.45) is 4.46. The van der Waals surface area contributed by atoms with E-state index in [-0.39, 0.29) is 42.4 Å². The van der Waals surface area contributed by atoms with Gasteiger partial charge in [-0.05, 0) is 98.7 Å². The van der Waals surface area contributed by atoms with Gasteiger partial charge in [-0.15, -0.1) is 0 Å². The highest BCUT2D eigenvalue weighted by molar-refractivity contribution is 6.47. The number of nitrogens with two attached hydrogens (primary N) is 2. The topological polar surface area (TPSA) is 217 Å². The molecule has 0 spiro atoms. The number of rotatable bonds is 25. The number of benzene rings is 2. The molecule has 344 valence electrons. The summed E-state index contributed by atoms with van der Waals surface area (Å²) < 4.78 is 12.9. The van der Waals surface area contributed by atoms with Crippen LogP contribution < -0.4 is 22.1 Å². The van der Waals surface area contributed by atoms with Gasteiger partial charge in [-0.3, -0.25) is 28.8 Å². The number of hydrogen-bond donors (Lipinski definition) is 5. The van der Waals surface area contributed by atoms with Crippen LogP contribution in [0.4, 0.5) is 0 Å². The van der Waals surface area contributed by atoms with E-state index in [9.17, 15) is 33.9 Å². The number of hydrogen-bond acceptors (Lipinski definition) is 10. The zero-order valence-electron chi connectivity index (χ0n) is 38.5. The molecule has 1 unspecified atom stereocenters. The summed E-state index contributed by atoms with van der Waals surface area (Å²) in [7, 11) is -0.623. The lowest BCUT2D eigenvalue weighted by molar-refractivity contribution is -0.199. The van der Waals surface area contributed by atoms with Crippen molar-refractivity contribution in [1.82, 2.24) is 10.6 Å². The monoisotopic (exact) mass is 871 g/mol. The maximum Gasteiger partial charge on any atom is 0.461 e. The van der Waals surface area contributed by atoms with E-state index in [2.05, 4.69) is 62.6 Å². The number of unbranched alkanes of at least 4 members (excludes halogenated alkanes) is 2. The third kappa shape index (κ3) is 12.1. The van der Waals surface area contributed by atoms with Gasteiger partial charge in [0.1, 0.15) is 6.04 Å². The van der Waals surface area contributed by atoms with Gasteiger partial charge in [0, 0.05) is 36.7 Å². The van der Waals surface area contributed by atoms with Crippen molar-refractivity contribution in [2.24, 2.45) is 40.6 Å². The maximum absolute atomic E-state index is 13.8. The van der Waals surface area contributed by atoms with Crippen molar-refractivity contribution < 1.29 is 43.2 Å². The zero-order chi connectivity index (χ0) is 46.2. The van der Waals surface area contributed by atoms with Crippen molar-refractivity contribution in [2.45, 2.75) is 161 Å². The van der Waals surface area contributed by atoms with E-state index in [0.29, 0.717) is 43.2 Å². The van der Waals surface area contributed by atoms with Gasteiger partial charge >= 0.3 is 7.12 Å². The Hall–Kier alpha value is -4.24. The molecular weight excluding hydrogens is 799 g/mol. The van der Waals surface area contributed by atoms with Crippen molar-refractivity contribution in [3.8, 4) is 11.1 Å². The quantitative estimate of drug-likeness (QED) is 0.0451. The molecule has 2 bridgehead atoms. The minimum Gasteiger partial charge on any atom is -0.405 e. The molecule has 7 N–H and O–H groups in total. The average Bonchev–Trinajstić information content (AvgIpc) is 3.61. The second-order valence-electron chi connectivity index (χ2n) is 19.5. The van der Waals surface area contributed by atoms with Gasteiger partial charge in [0.2, 0.25) is 17.7 Å². The van der Waals surface area contributed by atoms with Crippen molar-refractivity contribution in [3.63, 3.8) is 0 Å². The number of amides is 3. The van der Waals surface area contributed by atoms with Crippen molar-refractivity contribution >= 4 is 42.2 Å². The van der Waals surface area contributed by atoms with Gasteiger partial charge in [-0.1, -0.05) is 96.0 Å². The fraction of sp³-hybridized carbons (Fsp3) is 0.633. The summed E-state index contributed by atoms with van der Waals surface area (Å²) in [5.41, 5.74) is 14.7. The van der Waals surface area contributed by atoms with Gasteiger partial charge in [0.15, 0.2) is 17.3 Å². The molecule has 13 nitrogen and oxygen atoms in total. The minimum absolute atomic E-state index is 0.0411. The fourth-order valence-corrected chi connectivity index (χ4v) is 10.0. The number of carbonyl (C=O) groups excluding carboxylic acids is 6. The lowest BCUT2D eigenvalue weighted by Gasteiger charge is -2.64. The molecule has 63 heavy (non-hydrogen) atoms. The van der Waals surface area contributed by atoms with Crippen molar-refractivity contribution in [2.75, 3.05) is 6.54 Å². The Labute approximate surface area is 374 Å². The third-order valence-electron chi connectivity index (χ3n) is 14.3. The Morgan fingerprint density at radius 1 is 0.825 bits per heavy atom. The smallest absolute Gasteiger partial charge is 0.405 e. The van der Waals surface area contributed by atoms with E-state index >= 15 is 0 Å². The van der Waals surface area contributed by atoms with E-state index in [1.807, 2.05) is 19.1 Å². The molecule has 14 heteroatoms. The molecule has 1 aliphatic heterocycles. The van der Waals surface area contributed by atoms with Crippen LogP contribution in [-0.2, 0) is 39.7 Å². The Morgan fingerprint density at radius 3 is 2.06 bits per heavy atom. The molecule has 0 aromatic heterocycles. The number of carbonyl (C=O) groups is 6. The molecule has 2 aromatic rings. The van der Waals surface area contributed by atoms with Crippen LogP contribution in [0, 0.1) is 29.1 Å². The number of ketones is 3. The predicted octanol–water partition coefficient (Wildman–Crippen LogP) is 5.91. The van der Waals surface area contributed by atoms with E-state index in [4.69, 9.17) is 20.8 Å². The molecule has 1 saturated heterocycles. The molecule has 0 radical (unpaired) electrons. The summed E-state index contributed by atoms with van der Waals surface area (Å²) in [6.45, 7) is 13.9. The predicted molar refractivity (Wildman–Crippen MR) is 243 cm³/mol. The number of primary amides is 1. The lowest BCUT2D eigenvalue weighted by atomic mass is 9.43. The first-order chi connectivity index (χ1) is 29.8. The van der Waals surface area contributed by atoms with E-state index in [1.54, 1.807) is 12.1 Å². The first-order valence-electron chi connectivity index (χ1n) is 23.2. The first-order valence-corrected chi connectivity index (χ1v) is 23.2. The molecule has 10 atom stereocenters. The first kappa shape index (κ1) is 49.8. The molecule has 3 aliphatic carbocycles. The number of nitrogens with one attached hydrogen (secondary N) is 2. The standard InChI is InChI=1S/C49H71BN4O9/c1-8-9-12-32-14-16-33(17-15-32)34-18-20-35(21-19-34)39(56)25-36(13-10-11-22-51)47(61)54-45(31(4)55)41(58)23-29(2)46(60)53-38(28-44(52)59)40(57)24-30(3)50-62-43-27-37-26-42(48(37,5)6)49(43,7)63-50/h14-21,29-31,36-38,42-43,45,55H,8-13,22-28,51H2,1-7H3,(H2,52,59)(H,53,60)(H,54,61)/t29-,30-,31-,36-,37+,38+,42+,43?,45+,49+/m1/s1. The van der Waals surface area contributed by atoms with Crippen LogP contribution in [0.3, 0.4) is 0 Å². The zero-order valence-corrected chi connectivity index (χ0v) is 38.5. The summed E-state index contributed by atoms with van der Waals surface area (Å²) in [5.74, 6) is -4.55. The van der Waals surface area contributed by atoms with Crippen LogP contribution in [0.25, 0.3) is 11.1 Å².